The van der Waals surface area contributed by atoms with E-state index in [1.807, 2.05) is 0 Å². The Morgan fingerprint density at radius 1 is 1.19 bits per heavy atom. The maximum absolute atomic E-state index is 12.3. The first-order valence-electron chi connectivity index (χ1n) is 8.95. The predicted octanol–water partition coefficient (Wildman–Crippen LogP) is 1.78. The van der Waals surface area contributed by atoms with Crippen molar-refractivity contribution in [1.82, 2.24) is 20.6 Å². The van der Waals surface area contributed by atoms with Crippen molar-refractivity contribution in [2.45, 2.75) is 33.6 Å². The molecule has 140 valence electrons. The molecule has 1 aliphatic heterocycles. The number of carbonyl (C=O) groups is 2. The monoisotopic (exact) mass is 375 g/mol. The van der Waals surface area contributed by atoms with E-state index in [4.69, 9.17) is 0 Å². The van der Waals surface area contributed by atoms with Gasteiger partial charge in [-0.15, -0.1) is 11.3 Å². The van der Waals surface area contributed by atoms with Gasteiger partial charge < -0.3 is 15.5 Å². The lowest BCUT2D eigenvalue weighted by Crippen LogP contribution is -2.42. The van der Waals surface area contributed by atoms with Gasteiger partial charge in [0.25, 0.3) is 0 Å². The molecule has 7 nitrogen and oxygen atoms in total. The van der Waals surface area contributed by atoms with Crippen LogP contribution in [0.3, 0.4) is 0 Å². The Balaban J connectivity index is 1.59. The van der Waals surface area contributed by atoms with Gasteiger partial charge in [0.2, 0.25) is 11.8 Å². The first-order valence-corrected chi connectivity index (χ1v) is 9.76. The third-order valence-electron chi connectivity index (χ3n) is 4.91. The summed E-state index contributed by atoms with van der Waals surface area (Å²) in [6.07, 6.45) is 3.24. The normalized spacial score (nSPS) is 15.3. The molecule has 2 aromatic rings. The van der Waals surface area contributed by atoms with Gasteiger partial charge in [0.05, 0.1) is 5.39 Å². The lowest BCUT2D eigenvalue weighted by Gasteiger charge is -2.32. The molecule has 2 aromatic heterocycles. The molecule has 1 aliphatic rings. The summed E-state index contributed by atoms with van der Waals surface area (Å²) in [5.41, 5.74) is 1.25. The first-order chi connectivity index (χ1) is 12.5. The molecule has 0 atom stereocenters. The molecule has 8 heteroatoms. The second kappa shape index (κ2) is 7.99. The van der Waals surface area contributed by atoms with Crippen LogP contribution in [0.1, 0.15) is 30.2 Å². The van der Waals surface area contributed by atoms with Gasteiger partial charge in [0.1, 0.15) is 17.0 Å². The van der Waals surface area contributed by atoms with E-state index in [0.717, 1.165) is 42.0 Å². The first kappa shape index (κ1) is 18.6. The number of fused-ring (bicyclic) bond motifs is 1. The zero-order chi connectivity index (χ0) is 18.7. The van der Waals surface area contributed by atoms with Gasteiger partial charge in [-0.05, 0) is 32.3 Å². The van der Waals surface area contributed by atoms with Crippen molar-refractivity contribution in [3.8, 4) is 0 Å². The highest BCUT2D eigenvalue weighted by Crippen LogP contribution is 2.35. The molecule has 0 saturated carbocycles. The molecule has 2 N–H and O–H groups in total. The third kappa shape index (κ3) is 3.95. The quantitative estimate of drug-likeness (QED) is 0.778. The number of nitrogens with zero attached hydrogens (tertiary/aromatic N) is 3. The number of aromatic nitrogens is 2. The second-order valence-electron chi connectivity index (χ2n) is 6.70. The lowest BCUT2D eigenvalue weighted by molar-refractivity contribution is -0.126. The molecule has 26 heavy (non-hydrogen) atoms. The molecule has 3 rings (SSSR count). The van der Waals surface area contributed by atoms with Crippen LogP contribution in [-0.2, 0) is 9.59 Å². The number of hydrogen-bond donors (Lipinski definition) is 2. The summed E-state index contributed by atoms with van der Waals surface area (Å²) in [4.78, 5) is 36.6. The Bertz CT molecular complexity index is 811. The molecule has 2 amide bonds. The van der Waals surface area contributed by atoms with Crippen molar-refractivity contribution >= 4 is 39.2 Å². The number of rotatable bonds is 5. The number of carbonyl (C=O) groups excluding carboxylic acids is 2. The van der Waals surface area contributed by atoms with Crippen LogP contribution in [-0.4, -0.2) is 48.0 Å². The van der Waals surface area contributed by atoms with Gasteiger partial charge in [0, 0.05) is 43.9 Å². The number of thiophene rings is 1. The summed E-state index contributed by atoms with van der Waals surface area (Å²) in [6, 6.07) is 0. The average molecular weight is 375 g/mol. The molecule has 3 heterocycles. The molecule has 1 fully saturated rings. The molecular formula is C18H25N5O2S. The fraction of sp³-hybridized carbons (Fsp3) is 0.556. The smallest absolute Gasteiger partial charge is 0.223 e. The Hall–Kier alpha value is -2.22. The van der Waals surface area contributed by atoms with Gasteiger partial charge in [-0.3, -0.25) is 9.59 Å². The summed E-state index contributed by atoms with van der Waals surface area (Å²) < 4.78 is 0. The Morgan fingerprint density at radius 3 is 2.58 bits per heavy atom. The van der Waals surface area contributed by atoms with Crippen LogP contribution in [0.25, 0.3) is 10.2 Å². The number of hydrogen-bond acceptors (Lipinski definition) is 6. The number of piperidine rings is 1. The van der Waals surface area contributed by atoms with Gasteiger partial charge >= 0.3 is 0 Å². The highest BCUT2D eigenvalue weighted by atomic mass is 32.1. The van der Waals surface area contributed by atoms with Gasteiger partial charge in [-0.25, -0.2) is 9.97 Å². The van der Waals surface area contributed by atoms with Crippen molar-refractivity contribution in [1.29, 1.82) is 0 Å². The number of anilines is 1. The summed E-state index contributed by atoms with van der Waals surface area (Å²) in [6.45, 7) is 8.26. The number of nitrogens with one attached hydrogen (secondary N) is 2. The van der Waals surface area contributed by atoms with Crippen molar-refractivity contribution in [3.05, 3.63) is 16.8 Å². The van der Waals surface area contributed by atoms with Crippen LogP contribution >= 0.6 is 11.3 Å². The van der Waals surface area contributed by atoms with Crippen molar-refractivity contribution < 1.29 is 9.59 Å². The van der Waals surface area contributed by atoms with Crippen LogP contribution in [0, 0.1) is 19.8 Å². The van der Waals surface area contributed by atoms with E-state index in [9.17, 15) is 9.59 Å². The third-order valence-corrected chi connectivity index (χ3v) is 6.02. The highest BCUT2D eigenvalue weighted by molar-refractivity contribution is 7.18. The lowest BCUT2D eigenvalue weighted by atomic mass is 9.95. The summed E-state index contributed by atoms with van der Waals surface area (Å²) >= 11 is 1.70. The maximum Gasteiger partial charge on any atom is 0.223 e. The molecule has 0 spiro atoms. The van der Waals surface area contributed by atoms with E-state index in [0.29, 0.717) is 13.1 Å². The van der Waals surface area contributed by atoms with Crippen LogP contribution in [0.5, 0.6) is 0 Å². The molecule has 0 aliphatic carbocycles. The Labute approximate surface area is 157 Å². The summed E-state index contributed by atoms with van der Waals surface area (Å²) in [7, 11) is 0. The van der Waals surface area contributed by atoms with Crippen LogP contribution in [0.4, 0.5) is 5.82 Å². The zero-order valence-electron chi connectivity index (χ0n) is 15.5. The van der Waals surface area contributed by atoms with Crippen LogP contribution < -0.4 is 15.5 Å². The number of amides is 2. The van der Waals surface area contributed by atoms with E-state index in [-0.39, 0.29) is 17.7 Å². The van der Waals surface area contributed by atoms with Gasteiger partial charge in [0.15, 0.2) is 0 Å². The van der Waals surface area contributed by atoms with E-state index >= 15 is 0 Å². The van der Waals surface area contributed by atoms with E-state index in [2.05, 4.69) is 39.3 Å². The minimum absolute atomic E-state index is 0.0196. The molecule has 0 radical (unpaired) electrons. The molecular weight excluding hydrogens is 350 g/mol. The van der Waals surface area contributed by atoms with Crippen molar-refractivity contribution in [2.24, 2.45) is 5.92 Å². The largest absolute Gasteiger partial charge is 0.356 e. The van der Waals surface area contributed by atoms with Gasteiger partial charge in [-0.2, -0.15) is 0 Å². The SMILES string of the molecule is CC(=O)NCCNC(=O)C1CCN(c2ncnc3sc(C)c(C)c23)CC1. The van der Waals surface area contributed by atoms with E-state index in [1.165, 1.54) is 17.4 Å². The minimum atomic E-state index is -0.0808. The second-order valence-corrected chi connectivity index (χ2v) is 7.90. The van der Waals surface area contributed by atoms with Gasteiger partial charge in [-0.1, -0.05) is 0 Å². The summed E-state index contributed by atoms with van der Waals surface area (Å²) in [5.74, 6) is 1.00. The average Bonchev–Trinajstić information content (AvgIpc) is 2.93. The minimum Gasteiger partial charge on any atom is -0.356 e. The fourth-order valence-corrected chi connectivity index (χ4v) is 4.32. The molecule has 0 bridgehead atoms. The Morgan fingerprint density at radius 2 is 1.88 bits per heavy atom. The molecule has 1 saturated heterocycles. The summed E-state index contributed by atoms with van der Waals surface area (Å²) in [5, 5.41) is 6.74. The van der Waals surface area contributed by atoms with E-state index < -0.39 is 0 Å². The molecule has 0 aromatic carbocycles. The zero-order valence-corrected chi connectivity index (χ0v) is 16.3. The van der Waals surface area contributed by atoms with E-state index in [1.54, 1.807) is 17.7 Å². The number of aryl methyl sites for hydroxylation is 2. The fourth-order valence-electron chi connectivity index (χ4n) is 3.33. The highest BCUT2D eigenvalue weighted by Gasteiger charge is 2.27. The van der Waals surface area contributed by atoms with Crippen molar-refractivity contribution in [3.63, 3.8) is 0 Å². The van der Waals surface area contributed by atoms with Crippen LogP contribution in [0.2, 0.25) is 0 Å². The van der Waals surface area contributed by atoms with Crippen LogP contribution in [0.15, 0.2) is 6.33 Å². The predicted molar refractivity (Wildman–Crippen MR) is 104 cm³/mol. The van der Waals surface area contributed by atoms with Crippen molar-refractivity contribution in [2.75, 3.05) is 31.1 Å². The maximum atomic E-state index is 12.3. The molecule has 0 unspecified atom stereocenters. The topological polar surface area (TPSA) is 87.2 Å². The standard InChI is InChI=1S/C18H25N5O2S/c1-11-12(2)26-18-15(11)16(21-10-22-18)23-8-4-14(5-9-23)17(25)20-7-6-19-13(3)24/h10,14H,4-9H2,1-3H3,(H,19,24)(H,20,25). The Kier molecular flexibility index (Phi) is 5.70.